The molecule has 7 nitrogen and oxygen atoms in total. The van der Waals surface area contributed by atoms with Gasteiger partial charge in [-0.2, -0.15) is 10.5 Å². The smallest absolute Gasteiger partial charge is 0.420 e. The molecule has 0 unspecified atom stereocenters. The molecule has 0 bridgehead atoms. The molecular weight excluding hydrogens is 370 g/mol. The van der Waals surface area contributed by atoms with Crippen molar-refractivity contribution in [1.29, 1.82) is 10.5 Å². The van der Waals surface area contributed by atoms with Crippen LogP contribution in [0.25, 0.3) is 0 Å². The summed E-state index contributed by atoms with van der Waals surface area (Å²) < 4.78 is 10.6. The van der Waals surface area contributed by atoms with Crippen molar-refractivity contribution in [3.8, 4) is 12.1 Å². The monoisotopic (exact) mass is 391 g/mol. The largest absolute Gasteiger partial charge is 0.444 e. The zero-order valence-electron chi connectivity index (χ0n) is 16.5. The van der Waals surface area contributed by atoms with Crippen LogP contribution in [-0.2, 0) is 22.6 Å². The fraction of sp³-hybridized carbons (Fsp3) is 0.273. The maximum absolute atomic E-state index is 12.6. The predicted octanol–water partition coefficient (Wildman–Crippen LogP) is 4.50. The van der Waals surface area contributed by atoms with E-state index < -0.39 is 17.8 Å². The van der Waals surface area contributed by atoms with E-state index in [-0.39, 0.29) is 13.2 Å². The Hall–Kier alpha value is -3.84. The first-order valence-corrected chi connectivity index (χ1v) is 8.87. The normalized spacial score (nSPS) is 10.4. The van der Waals surface area contributed by atoms with Crippen LogP contribution in [0.15, 0.2) is 48.5 Å². The van der Waals surface area contributed by atoms with E-state index in [0.717, 1.165) is 4.90 Å². The average molecular weight is 391 g/mol. The number of hydrogen-bond acceptors (Lipinski definition) is 6. The van der Waals surface area contributed by atoms with Gasteiger partial charge in [0.15, 0.2) is 0 Å². The number of hydrogen-bond donors (Lipinski definition) is 0. The molecule has 7 heteroatoms. The van der Waals surface area contributed by atoms with Crippen LogP contribution in [0.1, 0.15) is 43.0 Å². The minimum Gasteiger partial charge on any atom is -0.444 e. The highest BCUT2D eigenvalue weighted by Gasteiger charge is 2.28. The van der Waals surface area contributed by atoms with Gasteiger partial charge in [0.05, 0.1) is 29.8 Å². The lowest BCUT2D eigenvalue weighted by molar-refractivity contribution is 0.0193. The summed E-state index contributed by atoms with van der Waals surface area (Å²) in [5, 5.41) is 17.7. The number of nitrogens with zero attached hydrogens (tertiary/aromatic N) is 3. The third-order valence-electron chi connectivity index (χ3n) is 3.70. The lowest BCUT2D eigenvalue weighted by Crippen LogP contribution is -2.40. The number of carbonyl (C=O) groups excluding carboxylic acids is 2. The van der Waals surface area contributed by atoms with Crippen LogP contribution >= 0.6 is 0 Å². The molecule has 0 N–H and O–H groups in total. The summed E-state index contributed by atoms with van der Waals surface area (Å²) in [7, 11) is 0. The van der Waals surface area contributed by atoms with E-state index in [0.29, 0.717) is 22.3 Å². The van der Waals surface area contributed by atoms with Crippen molar-refractivity contribution in [2.45, 2.75) is 39.5 Å². The van der Waals surface area contributed by atoms with E-state index in [1.54, 1.807) is 69.3 Å². The van der Waals surface area contributed by atoms with Crippen molar-refractivity contribution in [3.63, 3.8) is 0 Å². The Bertz CT molecular complexity index is 946. The number of nitriles is 2. The van der Waals surface area contributed by atoms with E-state index in [4.69, 9.17) is 20.0 Å². The highest BCUT2D eigenvalue weighted by Crippen LogP contribution is 2.15. The van der Waals surface area contributed by atoms with E-state index in [9.17, 15) is 9.59 Å². The predicted molar refractivity (Wildman–Crippen MR) is 104 cm³/mol. The Kier molecular flexibility index (Phi) is 6.94. The lowest BCUT2D eigenvalue weighted by atomic mass is 10.1. The Morgan fingerprint density at radius 2 is 1.34 bits per heavy atom. The molecule has 0 saturated carbocycles. The second kappa shape index (κ2) is 9.38. The molecular formula is C22H21N3O4. The third-order valence-corrected chi connectivity index (χ3v) is 3.70. The van der Waals surface area contributed by atoms with Gasteiger partial charge in [0.2, 0.25) is 0 Å². The molecule has 0 aliphatic rings. The number of rotatable bonds is 4. The Balaban J connectivity index is 2.13. The molecule has 0 atom stereocenters. The van der Waals surface area contributed by atoms with Crippen LogP contribution in [-0.4, -0.2) is 22.7 Å². The van der Waals surface area contributed by atoms with Crippen LogP contribution < -0.4 is 0 Å². The van der Waals surface area contributed by atoms with Gasteiger partial charge in [-0.1, -0.05) is 24.3 Å². The van der Waals surface area contributed by atoms with Crippen molar-refractivity contribution in [2.75, 3.05) is 0 Å². The SMILES string of the molecule is CC(C)(C)OC(=O)N(Cc1ccc(C#N)cc1)C(=O)OCc1ccc(C#N)cc1. The minimum atomic E-state index is -0.854. The molecule has 2 aromatic carbocycles. The summed E-state index contributed by atoms with van der Waals surface area (Å²) in [6.45, 7) is 4.98. The molecule has 0 aromatic heterocycles. The number of benzene rings is 2. The van der Waals surface area contributed by atoms with Crippen LogP contribution in [0, 0.1) is 22.7 Å². The van der Waals surface area contributed by atoms with Gasteiger partial charge in [0, 0.05) is 0 Å². The Labute approximate surface area is 169 Å². The van der Waals surface area contributed by atoms with E-state index in [2.05, 4.69) is 0 Å². The minimum absolute atomic E-state index is 0.0583. The first kappa shape index (κ1) is 21.5. The summed E-state index contributed by atoms with van der Waals surface area (Å²) in [5.41, 5.74) is 1.51. The van der Waals surface area contributed by atoms with Crippen LogP contribution in [0.4, 0.5) is 9.59 Å². The quantitative estimate of drug-likeness (QED) is 0.760. The van der Waals surface area contributed by atoms with Crippen molar-refractivity contribution < 1.29 is 19.1 Å². The maximum atomic E-state index is 12.6. The number of amides is 2. The van der Waals surface area contributed by atoms with E-state index >= 15 is 0 Å². The standard InChI is InChI=1S/C22H21N3O4/c1-22(2,3)29-21(27)25(14-18-8-4-16(12-23)5-9-18)20(26)28-15-19-10-6-17(13-24)7-11-19/h4-11H,14-15H2,1-3H3. The maximum Gasteiger partial charge on any atom is 0.420 e. The van der Waals surface area contributed by atoms with Crippen LogP contribution in [0.3, 0.4) is 0 Å². The molecule has 2 rings (SSSR count). The lowest BCUT2D eigenvalue weighted by Gasteiger charge is -2.25. The highest BCUT2D eigenvalue weighted by atomic mass is 16.6. The van der Waals surface area contributed by atoms with Crippen LogP contribution in [0.5, 0.6) is 0 Å². The van der Waals surface area contributed by atoms with Gasteiger partial charge in [0.25, 0.3) is 0 Å². The number of carbonyl (C=O) groups is 2. The van der Waals surface area contributed by atoms with Crippen molar-refractivity contribution in [3.05, 3.63) is 70.8 Å². The molecule has 0 radical (unpaired) electrons. The molecule has 2 amide bonds. The summed E-state index contributed by atoms with van der Waals surface area (Å²) >= 11 is 0. The van der Waals surface area contributed by atoms with Crippen molar-refractivity contribution in [1.82, 2.24) is 4.90 Å². The molecule has 0 aliphatic heterocycles. The second-order valence-electron chi connectivity index (χ2n) is 7.24. The third kappa shape index (κ3) is 6.67. The van der Waals surface area contributed by atoms with Gasteiger partial charge in [-0.25, -0.2) is 14.5 Å². The molecule has 0 heterocycles. The van der Waals surface area contributed by atoms with Gasteiger partial charge in [-0.15, -0.1) is 0 Å². The number of ether oxygens (including phenoxy) is 2. The highest BCUT2D eigenvalue weighted by molar-refractivity contribution is 5.87. The van der Waals surface area contributed by atoms with Gasteiger partial charge in [-0.3, -0.25) is 0 Å². The van der Waals surface area contributed by atoms with Crippen LogP contribution in [0.2, 0.25) is 0 Å². The molecule has 0 spiro atoms. The van der Waals surface area contributed by atoms with Crippen molar-refractivity contribution in [2.24, 2.45) is 0 Å². The summed E-state index contributed by atoms with van der Waals surface area (Å²) in [6, 6.07) is 17.1. The summed E-state index contributed by atoms with van der Waals surface area (Å²) in [5.74, 6) is 0. The molecule has 0 saturated heterocycles. The van der Waals surface area contributed by atoms with Gasteiger partial charge >= 0.3 is 12.2 Å². The molecule has 148 valence electrons. The fourth-order valence-electron chi connectivity index (χ4n) is 2.29. The molecule has 2 aromatic rings. The molecule has 0 fully saturated rings. The van der Waals surface area contributed by atoms with E-state index in [1.165, 1.54) is 0 Å². The zero-order valence-corrected chi connectivity index (χ0v) is 16.5. The number of imide groups is 1. The fourth-order valence-corrected chi connectivity index (χ4v) is 2.29. The first-order valence-electron chi connectivity index (χ1n) is 8.87. The van der Waals surface area contributed by atoms with Gasteiger partial charge in [0.1, 0.15) is 12.2 Å². The Morgan fingerprint density at radius 1 is 0.862 bits per heavy atom. The summed E-state index contributed by atoms with van der Waals surface area (Å²) in [6.07, 6.45) is -1.68. The zero-order chi connectivity index (χ0) is 21.4. The topological polar surface area (TPSA) is 103 Å². The Morgan fingerprint density at radius 3 is 1.79 bits per heavy atom. The van der Waals surface area contributed by atoms with Gasteiger partial charge < -0.3 is 9.47 Å². The second-order valence-corrected chi connectivity index (χ2v) is 7.24. The van der Waals surface area contributed by atoms with Gasteiger partial charge in [-0.05, 0) is 56.2 Å². The molecule has 0 aliphatic carbocycles. The average Bonchev–Trinajstić information content (AvgIpc) is 2.69. The molecule has 29 heavy (non-hydrogen) atoms. The first-order chi connectivity index (χ1) is 13.7. The summed E-state index contributed by atoms with van der Waals surface area (Å²) in [4.78, 5) is 26.0. The van der Waals surface area contributed by atoms with Crippen molar-refractivity contribution >= 4 is 12.2 Å². The van der Waals surface area contributed by atoms with E-state index in [1.807, 2.05) is 12.1 Å².